The molecule has 1 heterocycles. The van der Waals surface area contributed by atoms with Crippen LogP contribution in [0.2, 0.25) is 0 Å². The minimum atomic E-state index is -1.62. The molecule has 6 nitrogen and oxygen atoms in total. The van der Waals surface area contributed by atoms with Gasteiger partial charge in [-0.25, -0.2) is 9.59 Å². The van der Waals surface area contributed by atoms with E-state index in [0.29, 0.717) is 19.4 Å². The van der Waals surface area contributed by atoms with Gasteiger partial charge in [-0.1, -0.05) is 0 Å². The Labute approximate surface area is 113 Å². The number of ether oxygens (including phenoxy) is 2. The lowest BCUT2D eigenvalue weighted by atomic mass is 9.93. The maximum Gasteiger partial charge on any atom is 0.410 e. The Bertz CT molecular complexity index is 349. The molecule has 110 valence electrons. The van der Waals surface area contributed by atoms with Crippen LogP contribution in [0.1, 0.15) is 40.5 Å². The van der Waals surface area contributed by atoms with Crippen molar-refractivity contribution in [2.45, 2.75) is 51.7 Å². The number of nitrogens with zero attached hydrogens (tertiary/aromatic N) is 1. The first-order valence-electron chi connectivity index (χ1n) is 6.55. The number of amides is 1. The maximum atomic E-state index is 11.9. The Morgan fingerprint density at radius 1 is 1.37 bits per heavy atom. The van der Waals surface area contributed by atoms with Crippen LogP contribution < -0.4 is 0 Å². The Balaban J connectivity index is 2.68. The smallest absolute Gasteiger partial charge is 0.410 e. The number of β-amino-alcohol motifs (C(OH)–C–C–N with tert-alkyl or cyclic N) is 1. The van der Waals surface area contributed by atoms with Crippen molar-refractivity contribution in [3.05, 3.63) is 0 Å². The number of carbonyl (C=O) groups is 2. The van der Waals surface area contributed by atoms with E-state index < -0.39 is 23.3 Å². The third-order valence-corrected chi connectivity index (χ3v) is 2.78. The zero-order valence-corrected chi connectivity index (χ0v) is 12.1. The molecule has 0 aliphatic carbocycles. The molecule has 0 aromatic carbocycles. The molecule has 6 heteroatoms. The summed E-state index contributed by atoms with van der Waals surface area (Å²) in [7, 11) is 0. The van der Waals surface area contributed by atoms with Gasteiger partial charge in [0.05, 0.1) is 13.2 Å². The molecule has 0 aromatic heterocycles. The van der Waals surface area contributed by atoms with Crippen LogP contribution in [0.3, 0.4) is 0 Å². The van der Waals surface area contributed by atoms with E-state index in [-0.39, 0.29) is 13.2 Å². The highest BCUT2D eigenvalue weighted by molar-refractivity contribution is 5.81. The second-order valence-corrected chi connectivity index (χ2v) is 5.76. The van der Waals surface area contributed by atoms with Crippen LogP contribution in [0, 0.1) is 0 Å². The molecular formula is C13H23NO5. The van der Waals surface area contributed by atoms with Crippen molar-refractivity contribution in [3.8, 4) is 0 Å². The Kier molecular flexibility index (Phi) is 4.79. The molecule has 1 atom stereocenters. The second-order valence-electron chi connectivity index (χ2n) is 5.76. The van der Waals surface area contributed by atoms with Gasteiger partial charge in [-0.3, -0.25) is 0 Å². The third-order valence-electron chi connectivity index (χ3n) is 2.78. The number of carbonyl (C=O) groups excluding carboxylic acids is 2. The average Bonchev–Trinajstić information content (AvgIpc) is 2.27. The standard InChI is InChI=1S/C13H23NO5/c1-5-18-10(15)13(17)7-6-8-14(9-13)11(16)19-12(2,3)4/h17H,5-9H2,1-4H3. The number of hydrogen-bond donors (Lipinski definition) is 1. The highest BCUT2D eigenvalue weighted by Gasteiger charge is 2.43. The molecule has 19 heavy (non-hydrogen) atoms. The summed E-state index contributed by atoms with van der Waals surface area (Å²) < 4.78 is 10.1. The number of hydrogen-bond acceptors (Lipinski definition) is 5. The van der Waals surface area contributed by atoms with Crippen molar-refractivity contribution >= 4 is 12.1 Å². The van der Waals surface area contributed by atoms with Gasteiger partial charge in [0.15, 0.2) is 5.60 Å². The van der Waals surface area contributed by atoms with E-state index in [9.17, 15) is 14.7 Å². The quantitative estimate of drug-likeness (QED) is 0.768. The lowest BCUT2D eigenvalue weighted by Gasteiger charge is -2.37. The normalized spacial score (nSPS) is 23.9. The first-order chi connectivity index (χ1) is 8.68. The van der Waals surface area contributed by atoms with E-state index in [1.54, 1.807) is 27.7 Å². The predicted molar refractivity (Wildman–Crippen MR) is 68.6 cm³/mol. The average molecular weight is 273 g/mol. The van der Waals surface area contributed by atoms with E-state index in [1.165, 1.54) is 4.90 Å². The summed E-state index contributed by atoms with van der Waals surface area (Å²) in [6.07, 6.45) is 0.314. The summed E-state index contributed by atoms with van der Waals surface area (Å²) in [6, 6.07) is 0. The van der Waals surface area contributed by atoms with Gasteiger partial charge in [0.1, 0.15) is 5.60 Å². The summed E-state index contributed by atoms with van der Waals surface area (Å²) >= 11 is 0. The molecule has 1 aliphatic heterocycles. The van der Waals surface area contributed by atoms with Crippen molar-refractivity contribution in [1.29, 1.82) is 0 Å². The van der Waals surface area contributed by atoms with Crippen LogP contribution in [-0.2, 0) is 14.3 Å². The largest absolute Gasteiger partial charge is 0.464 e. The molecule has 0 saturated carbocycles. The van der Waals surface area contributed by atoms with Gasteiger partial charge < -0.3 is 19.5 Å². The van der Waals surface area contributed by atoms with Gasteiger partial charge in [-0.05, 0) is 40.5 Å². The number of esters is 1. The summed E-state index contributed by atoms with van der Waals surface area (Å²) in [5, 5.41) is 10.3. The molecule has 1 fully saturated rings. The van der Waals surface area contributed by atoms with Crippen LogP contribution >= 0.6 is 0 Å². The van der Waals surface area contributed by atoms with Gasteiger partial charge in [-0.15, -0.1) is 0 Å². The molecule has 1 saturated heterocycles. The molecule has 1 N–H and O–H groups in total. The van der Waals surface area contributed by atoms with Crippen LogP contribution in [0.4, 0.5) is 4.79 Å². The summed E-state index contributed by atoms with van der Waals surface area (Å²) in [4.78, 5) is 25.0. The summed E-state index contributed by atoms with van der Waals surface area (Å²) in [5.74, 6) is -0.678. The minimum Gasteiger partial charge on any atom is -0.464 e. The van der Waals surface area contributed by atoms with E-state index in [1.807, 2.05) is 0 Å². The van der Waals surface area contributed by atoms with Crippen LogP contribution in [0.5, 0.6) is 0 Å². The van der Waals surface area contributed by atoms with E-state index in [4.69, 9.17) is 9.47 Å². The van der Waals surface area contributed by atoms with Crippen molar-refractivity contribution < 1.29 is 24.2 Å². The second kappa shape index (κ2) is 5.77. The van der Waals surface area contributed by atoms with Crippen molar-refractivity contribution in [2.24, 2.45) is 0 Å². The highest BCUT2D eigenvalue weighted by Crippen LogP contribution is 2.24. The van der Waals surface area contributed by atoms with E-state index in [2.05, 4.69) is 0 Å². The number of likely N-dealkylation sites (tertiary alicyclic amines) is 1. The maximum absolute atomic E-state index is 11.9. The van der Waals surface area contributed by atoms with Gasteiger partial charge >= 0.3 is 12.1 Å². The number of rotatable bonds is 2. The molecule has 1 unspecified atom stereocenters. The molecule has 1 rings (SSSR count). The lowest BCUT2D eigenvalue weighted by molar-refractivity contribution is -0.170. The van der Waals surface area contributed by atoms with Crippen molar-refractivity contribution in [2.75, 3.05) is 19.7 Å². The molecule has 1 aliphatic rings. The van der Waals surface area contributed by atoms with Crippen molar-refractivity contribution in [3.63, 3.8) is 0 Å². The van der Waals surface area contributed by atoms with Crippen LogP contribution in [-0.4, -0.2) is 53.0 Å². The third kappa shape index (κ3) is 4.38. The summed E-state index contributed by atoms with van der Waals surface area (Å²) in [6.45, 7) is 7.58. The van der Waals surface area contributed by atoms with Gasteiger partial charge in [-0.2, -0.15) is 0 Å². The van der Waals surface area contributed by atoms with Crippen LogP contribution in [0.25, 0.3) is 0 Å². The molecule has 0 radical (unpaired) electrons. The number of piperidine rings is 1. The first-order valence-corrected chi connectivity index (χ1v) is 6.55. The Morgan fingerprint density at radius 3 is 2.53 bits per heavy atom. The molecule has 0 bridgehead atoms. The zero-order chi connectivity index (χ0) is 14.7. The topological polar surface area (TPSA) is 76.1 Å². The van der Waals surface area contributed by atoms with Gasteiger partial charge in [0, 0.05) is 6.54 Å². The molecule has 1 amide bonds. The minimum absolute atomic E-state index is 0.0826. The Morgan fingerprint density at radius 2 is 2.00 bits per heavy atom. The zero-order valence-electron chi connectivity index (χ0n) is 12.1. The highest BCUT2D eigenvalue weighted by atomic mass is 16.6. The fourth-order valence-electron chi connectivity index (χ4n) is 1.95. The fraction of sp³-hybridized carbons (Fsp3) is 0.846. The number of aliphatic hydroxyl groups is 1. The molecular weight excluding hydrogens is 250 g/mol. The monoisotopic (exact) mass is 273 g/mol. The van der Waals surface area contributed by atoms with Crippen LogP contribution in [0.15, 0.2) is 0 Å². The Hall–Kier alpha value is -1.30. The summed E-state index contributed by atoms with van der Waals surface area (Å²) in [5.41, 5.74) is -2.22. The predicted octanol–water partition coefficient (Wildman–Crippen LogP) is 1.31. The molecule has 0 spiro atoms. The lowest BCUT2D eigenvalue weighted by Crippen LogP contribution is -2.56. The first kappa shape index (κ1) is 15.8. The fourth-order valence-corrected chi connectivity index (χ4v) is 1.95. The van der Waals surface area contributed by atoms with E-state index in [0.717, 1.165) is 0 Å². The van der Waals surface area contributed by atoms with Gasteiger partial charge in [0.2, 0.25) is 0 Å². The van der Waals surface area contributed by atoms with Crippen molar-refractivity contribution in [1.82, 2.24) is 4.90 Å². The molecule has 0 aromatic rings. The SMILES string of the molecule is CCOC(=O)C1(O)CCCN(C(=O)OC(C)(C)C)C1. The van der Waals surface area contributed by atoms with E-state index >= 15 is 0 Å². The van der Waals surface area contributed by atoms with Gasteiger partial charge in [0.25, 0.3) is 0 Å².